The van der Waals surface area contributed by atoms with Gasteiger partial charge in [0.05, 0.1) is 0 Å². The van der Waals surface area contributed by atoms with Crippen LogP contribution in [0.1, 0.15) is 6.92 Å². The fourth-order valence-electron chi connectivity index (χ4n) is 2.07. The summed E-state index contributed by atoms with van der Waals surface area (Å²) in [4.78, 5) is 26.1. The molecule has 1 aliphatic rings. The van der Waals surface area contributed by atoms with E-state index in [1.54, 1.807) is 18.2 Å². The zero-order valence-corrected chi connectivity index (χ0v) is 12.6. The van der Waals surface area contributed by atoms with E-state index in [-0.39, 0.29) is 12.5 Å². The minimum atomic E-state index is -0.960. The number of hydrogen-bond donors (Lipinski definition) is 1. The SMILES string of the molecule is CC(Oc1cccnc1[N+](=O)[O-])C(=O)Nc1ccc2c(c1)OCO2. The van der Waals surface area contributed by atoms with E-state index in [1.807, 2.05) is 0 Å². The predicted molar refractivity (Wildman–Crippen MR) is 82.2 cm³/mol. The van der Waals surface area contributed by atoms with Crippen LogP contribution in [0, 0.1) is 10.1 Å². The van der Waals surface area contributed by atoms with Crippen LogP contribution in [-0.2, 0) is 4.79 Å². The third kappa shape index (κ3) is 3.19. The van der Waals surface area contributed by atoms with E-state index in [9.17, 15) is 14.9 Å². The van der Waals surface area contributed by atoms with Crippen molar-refractivity contribution in [2.75, 3.05) is 12.1 Å². The summed E-state index contributed by atoms with van der Waals surface area (Å²) in [6.45, 7) is 1.62. The highest BCUT2D eigenvalue weighted by Crippen LogP contribution is 2.34. The van der Waals surface area contributed by atoms with E-state index in [2.05, 4.69) is 10.3 Å². The Hall–Kier alpha value is -3.36. The second-order valence-corrected chi connectivity index (χ2v) is 4.90. The number of aromatic nitrogens is 1. The summed E-state index contributed by atoms with van der Waals surface area (Å²) in [7, 11) is 0. The highest BCUT2D eigenvalue weighted by Gasteiger charge is 2.22. The molecule has 0 aliphatic carbocycles. The lowest BCUT2D eigenvalue weighted by atomic mass is 10.2. The molecule has 1 aliphatic heterocycles. The van der Waals surface area contributed by atoms with Gasteiger partial charge in [-0.05, 0) is 41.1 Å². The van der Waals surface area contributed by atoms with Crippen molar-refractivity contribution in [3.63, 3.8) is 0 Å². The van der Waals surface area contributed by atoms with Crippen molar-refractivity contribution in [3.8, 4) is 17.2 Å². The van der Waals surface area contributed by atoms with Gasteiger partial charge in [-0.3, -0.25) is 4.79 Å². The lowest BCUT2D eigenvalue weighted by Crippen LogP contribution is -2.30. The maximum atomic E-state index is 12.2. The van der Waals surface area contributed by atoms with Crippen LogP contribution in [0.2, 0.25) is 0 Å². The van der Waals surface area contributed by atoms with Crippen LogP contribution >= 0.6 is 0 Å². The van der Waals surface area contributed by atoms with Crippen LogP contribution in [-0.4, -0.2) is 28.7 Å². The summed E-state index contributed by atoms with van der Waals surface area (Å²) >= 11 is 0. The largest absolute Gasteiger partial charge is 0.473 e. The van der Waals surface area contributed by atoms with Crippen molar-refractivity contribution < 1.29 is 23.9 Å². The maximum Gasteiger partial charge on any atom is 0.406 e. The summed E-state index contributed by atoms with van der Waals surface area (Å²) in [5, 5.41) is 13.6. The van der Waals surface area contributed by atoms with Gasteiger partial charge in [-0.25, -0.2) is 0 Å². The lowest BCUT2D eigenvalue weighted by molar-refractivity contribution is -0.390. The van der Waals surface area contributed by atoms with Crippen molar-refractivity contribution in [3.05, 3.63) is 46.6 Å². The molecule has 0 bridgehead atoms. The summed E-state index contributed by atoms with van der Waals surface area (Å²) in [5.74, 6) is 0.149. The van der Waals surface area contributed by atoms with Crippen molar-refractivity contribution in [2.45, 2.75) is 13.0 Å². The molecule has 0 saturated heterocycles. The summed E-state index contributed by atoms with van der Waals surface area (Å²) < 4.78 is 15.8. The number of amides is 1. The van der Waals surface area contributed by atoms with Crippen molar-refractivity contribution in [2.24, 2.45) is 0 Å². The second-order valence-electron chi connectivity index (χ2n) is 4.90. The van der Waals surface area contributed by atoms with E-state index in [0.29, 0.717) is 17.2 Å². The highest BCUT2D eigenvalue weighted by molar-refractivity contribution is 5.94. The smallest absolute Gasteiger partial charge is 0.406 e. The summed E-state index contributed by atoms with van der Waals surface area (Å²) in [6.07, 6.45) is 0.320. The first-order valence-corrected chi connectivity index (χ1v) is 7.01. The number of hydrogen-bond acceptors (Lipinski definition) is 7. The fraction of sp³-hybridized carbons (Fsp3) is 0.200. The van der Waals surface area contributed by atoms with Gasteiger partial charge in [-0.1, -0.05) is 0 Å². The van der Waals surface area contributed by atoms with E-state index < -0.39 is 22.8 Å². The number of nitro groups is 1. The van der Waals surface area contributed by atoms with Gasteiger partial charge in [-0.2, -0.15) is 0 Å². The monoisotopic (exact) mass is 331 g/mol. The number of pyridine rings is 1. The Morgan fingerprint density at radius 1 is 1.38 bits per heavy atom. The molecular weight excluding hydrogens is 318 g/mol. The van der Waals surface area contributed by atoms with Crippen molar-refractivity contribution in [1.82, 2.24) is 4.98 Å². The Labute approximate surface area is 136 Å². The zero-order valence-electron chi connectivity index (χ0n) is 12.6. The van der Waals surface area contributed by atoms with E-state index in [1.165, 1.54) is 25.3 Å². The quantitative estimate of drug-likeness (QED) is 0.659. The first kappa shape index (κ1) is 15.5. The van der Waals surface area contributed by atoms with Crippen molar-refractivity contribution >= 4 is 17.4 Å². The number of fused-ring (bicyclic) bond motifs is 1. The minimum Gasteiger partial charge on any atom is -0.473 e. The average molecular weight is 331 g/mol. The van der Waals surface area contributed by atoms with Crippen LogP contribution in [0.4, 0.5) is 11.5 Å². The fourth-order valence-corrected chi connectivity index (χ4v) is 2.07. The molecule has 24 heavy (non-hydrogen) atoms. The average Bonchev–Trinajstić information content (AvgIpc) is 3.02. The number of nitrogens with one attached hydrogen (secondary N) is 1. The Kier molecular flexibility index (Phi) is 4.15. The Bertz CT molecular complexity index is 795. The number of rotatable bonds is 5. The van der Waals surface area contributed by atoms with Crippen LogP contribution in [0.15, 0.2) is 36.5 Å². The molecule has 1 unspecified atom stereocenters. The number of ether oxygens (including phenoxy) is 3. The van der Waals surface area contributed by atoms with Gasteiger partial charge >= 0.3 is 5.82 Å². The first-order valence-electron chi connectivity index (χ1n) is 7.01. The van der Waals surface area contributed by atoms with E-state index >= 15 is 0 Å². The Balaban J connectivity index is 1.68. The van der Waals surface area contributed by atoms with Crippen LogP contribution in [0.3, 0.4) is 0 Å². The normalized spacial score (nSPS) is 13.2. The molecule has 2 heterocycles. The van der Waals surface area contributed by atoms with E-state index in [4.69, 9.17) is 14.2 Å². The second kappa shape index (κ2) is 6.41. The zero-order chi connectivity index (χ0) is 17.1. The van der Waals surface area contributed by atoms with Crippen LogP contribution in [0.5, 0.6) is 17.2 Å². The van der Waals surface area contributed by atoms with Gasteiger partial charge < -0.3 is 29.6 Å². The number of carbonyl (C=O) groups excluding carboxylic acids is 1. The standard InChI is InChI=1S/C15H13N3O6/c1-9(24-12-3-2-6-16-14(12)18(20)21)15(19)17-10-4-5-11-13(7-10)23-8-22-11/h2-7,9H,8H2,1H3,(H,17,19). The Morgan fingerprint density at radius 3 is 2.96 bits per heavy atom. The summed E-state index contributed by atoms with van der Waals surface area (Å²) in [5.41, 5.74) is 0.500. The number of anilines is 1. The number of benzene rings is 1. The van der Waals surface area contributed by atoms with Gasteiger partial charge in [0, 0.05) is 11.8 Å². The molecule has 1 N–H and O–H groups in total. The molecule has 9 nitrogen and oxygen atoms in total. The molecule has 3 rings (SSSR count). The topological polar surface area (TPSA) is 113 Å². The molecule has 0 radical (unpaired) electrons. The Morgan fingerprint density at radius 2 is 2.17 bits per heavy atom. The third-order valence-electron chi connectivity index (χ3n) is 3.24. The molecule has 1 atom stereocenters. The third-order valence-corrected chi connectivity index (χ3v) is 3.24. The van der Waals surface area contributed by atoms with Gasteiger partial charge in [0.1, 0.15) is 6.20 Å². The number of carbonyl (C=O) groups is 1. The molecular formula is C15H13N3O6. The highest BCUT2D eigenvalue weighted by atomic mass is 16.7. The number of nitrogens with zero attached hydrogens (tertiary/aromatic N) is 2. The van der Waals surface area contributed by atoms with Crippen molar-refractivity contribution in [1.29, 1.82) is 0 Å². The molecule has 2 aromatic rings. The van der Waals surface area contributed by atoms with Crippen LogP contribution in [0.25, 0.3) is 0 Å². The van der Waals surface area contributed by atoms with Gasteiger partial charge in [0.25, 0.3) is 5.91 Å². The maximum absolute atomic E-state index is 12.2. The molecule has 0 spiro atoms. The molecule has 124 valence electrons. The van der Waals surface area contributed by atoms with Crippen LogP contribution < -0.4 is 19.5 Å². The van der Waals surface area contributed by atoms with Gasteiger partial charge in [0.15, 0.2) is 17.6 Å². The molecule has 0 fully saturated rings. The lowest BCUT2D eigenvalue weighted by Gasteiger charge is -2.14. The molecule has 1 aromatic carbocycles. The minimum absolute atomic E-state index is 0.0733. The van der Waals surface area contributed by atoms with E-state index in [0.717, 1.165) is 0 Å². The molecule has 9 heteroatoms. The molecule has 0 saturated carbocycles. The molecule has 1 amide bonds. The summed E-state index contributed by atoms with van der Waals surface area (Å²) in [6, 6.07) is 7.83. The first-order chi connectivity index (χ1) is 11.5. The molecule has 1 aromatic heterocycles. The predicted octanol–water partition coefficient (Wildman–Crippen LogP) is 2.12. The van der Waals surface area contributed by atoms with Gasteiger partial charge in [0.2, 0.25) is 12.5 Å². The van der Waals surface area contributed by atoms with Gasteiger partial charge in [-0.15, -0.1) is 0 Å².